The molecule has 0 unspecified atom stereocenters. The highest BCUT2D eigenvalue weighted by Gasteiger charge is 2.26. The van der Waals surface area contributed by atoms with Crippen LogP contribution in [0.2, 0.25) is 0 Å². The Morgan fingerprint density at radius 2 is 2.00 bits per heavy atom. The number of carbonyl (C=O) groups is 2. The predicted octanol–water partition coefficient (Wildman–Crippen LogP) is 3.12. The second kappa shape index (κ2) is 7.13. The molecule has 1 aliphatic carbocycles. The number of amides is 1. The van der Waals surface area contributed by atoms with Gasteiger partial charge in [0.05, 0.1) is 17.2 Å². The van der Waals surface area contributed by atoms with Crippen LogP contribution in [0.5, 0.6) is 0 Å². The second-order valence-corrected chi connectivity index (χ2v) is 7.29. The number of hydrogen-bond acceptors (Lipinski definition) is 5. The Labute approximate surface area is 135 Å². The fourth-order valence-electron chi connectivity index (χ4n) is 2.65. The third-order valence-corrected chi connectivity index (χ3v) is 4.93. The molecule has 2 rings (SSSR count). The lowest BCUT2D eigenvalue weighted by Gasteiger charge is -2.12. The minimum Gasteiger partial charge on any atom is -0.461 e. The molecule has 0 spiro atoms. The maximum absolute atomic E-state index is 12.4. The Bertz CT molecular complexity index is 560. The quantitative estimate of drug-likeness (QED) is 0.815. The normalized spacial score (nSPS) is 15.3. The maximum atomic E-state index is 12.4. The molecule has 122 valence electrons. The van der Waals surface area contributed by atoms with Crippen molar-refractivity contribution in [1.82, 2.24) is 5.32 Å². The van der Waals surface area contributed by atoms with Gasteiger partial charge in [-0.3, -0.25) is 4.79 Å². The lowest BCUT2D eigenvalue weighted by molar-refractivity contribution is 0.0464. The van der Waals surface area contributed by atoms with Gasteiger partial charge in [0.2, 0.25) is 0 Å². The molecule has 6 heteroatoms. The Morgan fingerprint density at radius 3 is 2.59 bits per heavy atom. The van der Waals surface area contributed by atoms with E-state index in [0.717, 1.165) is 37.0 Å². The summed E-state index contributed by atoms with van der Waals surface area (Å²) in [7, 11) is 0. The van der Waals surface area contributed by atoms with Crippen molar-refractivity contribution in [2.75, 3.05) is 12.3 Å². The Hall–Kier alpha value is -1.56. The molecule has 0 aliphatic heterocycles. The molecule has 0 atom stereocenters. The van der Waals surface area contributed by atoms with Crippen LogP contribution in [-0.4, -0.2) is 24.5 Å². The number of nitrogen functional groups attached to an aromatic ring is 1. The van der Waals surface area contributed by atoms with Gasteiger partial charge in [-0.25, -0.2) is 4.79 Å². The van der Waals surface area contributed by atoms with Crippen LogP contribution >= 0.6 is 11.3 Å². The maximum Gasteiger partial charge on any atom is 0.348 e. The topological polar surface area (TPSA) is 81.4 Å². The minimum absolute atomic E-state index is 0.180. The van der Waals surface area contributed by atoms with E-state index in [1.807, 2.05) is 13.8 Å². The first-order chi connectivity index (χ1) is 10.4. The summed E-state index contributed by atoms with van der Waals surface area (Å²) in [6.07, 6.45) is 4.32. The number of rotatable bonds is 5. The fraction of sp³-hybridized carbons (Fsp3) is 0.625. The van der Waals surface area contributed by atoms with Crippen molar-refractivity contribution in [3.8, 4) is 0 Å². The van der Waals surface area contributed by atoms with Gasteiger partial charge in [-0.2, -0.15) is 0 Å². The van der Waals surface area contributed by atoms with Crippen molar-refractivity contribution in [1.29, 1.82) is 0 Å². The summed E-state index contributed by atoms with van der Waals surface area (Å²) in [6, 6.07) is 0.225. The van der Waals surface area contributed by atoms with Crippen LogP contribution in [0.25, 0.3) is 0 Å². The zero-order chi connectivity index (χ0) is 16.3. The van der Waals surface area contributed by atoms with E-state index in [-0.39, 0.29) is 17.9 Å². The molecule has 22 heavy (non-hydrogen) atoms. The van der Waals surface area contributed by atoms with Crippen molar-refractivity contribution < 1.29 is 14.3 Å². The minimum atomic E-state index is -0.400. The zero-order valence-corrected chi connectivity index (χ0v) is 14.2. The van der Waals surface area contributed by atoms with E-state index >= 15 is 0 Å². The molecule has 0 radical (unpaired) electrons. The average molecular weight is 324 g/mol. The third kappa shape index (κ3) is 3.80. The third-order valence-electron chi connectivity index (χ3n) is 3.82. The van der Waals surface area contributed by atoms with Crippen molar-refractivity contribution in [3.63, 3.8) is 0 Å². The molecule has 1 fully saturated rings. The van der Waals surface area contributed by atoms with Gasteiger partial charge < -0.3 is 15.8 Å². The summed E-state index contributed by atoms with van der Waals surface area (Å²) < 4.78 is 5.24. The summed E-state index contributed by atoms with van der Waals surface area (Å²) in [5.41, 5.74) is 7.00. The number of nitrogens with two attached hydrogens (primary N) is 1. The van der Waals surface area contributed by atoms with Crippen molar-refractivity contribution in [2.24, 2.45) is 5.92 Å². The van der Waals surface area contributed by atoms with Gasteiger partial charge in [0.15, 0.2) is 0 Å². The number of anilines is 1. The molecule has 0 saturated heterocycles. The molecule has 1 heterocycles. The molecule has 0 bridgehead atoms. The molecule has 1 aliphatic rings. The van der Waals surface area contributed by atoms with E-state index in [1.165, 1.54) is 0 Å². The van der Waals surface area contributed by atoms with E-state index < -0.39 is 5.97 Å². The number of thiophene rings is 1. The SMILES string of the molecule is Cc1c(C(=O)OCC(C)C)sc(N)c1C(=O)NC1CCCC1. The van der Waals surface area contributed by atoms with Crippen LogP contribution in [-0.2, 0) is 4.74 Å². The average Bonchev–Trinajstić information content (AvgIpc) is 3.04. The highest BCUT2D eigenvalue weighted by Crippen LogP contribution is 2.31. The molecular weight excluding hydrogens is 300 g/mol. The summed E-state index contributed by atoms with van der Waals surface area (Å²) >= 11 is 1.13. The van der Waals surface area contributed by atoms with Gasteiger partial charge >= 0.3 is 5.97 Å². The molecule has 1 saturated carbocycles. The molecule has 5 nitrogen and oxygen atoms in total. The molecular formula is C16H24N2O3S. The molecule has 1 aromatic heterocycles. The zero-order valence-electron chi connectivity index (χ0n) is 13.4. The van der Waals surface area contributed by atoms with Crippen molar-refractivity contribution in [3.05, 3.63) is 16.0 Å². The van der Waals surface area contributed by atoms with E-state index in [2.05, 4.69) is 5.32 Å². The molecule has 3 N–H and O–H groups in total. The Kier molecular flexibility index (Phi) is 5.45. The van der Waals surface area contributed by atoms with Gasteiger partial charge in [-0.05, 0) is 31.2 Å². The van der Waals surface area contributed by atoms with E-state index in [0.29, 0.717) is 27.6 Å². The van der Waals surface area contributed by atoms with Gasteiger partial charge in [-0.1, -0.05) is 26.7 Å². The number of nitrogens with one attached hydrogen (secondary N) is 1. The van der Waals surface area contributed by atoms with Crippen LogP contribution in [0.1, 0.15) is 65.1 Å². The predicted molar refractivity (Wildman–Crippen MR) is 88.3 cm³/mol. The van der Waals surface area contributed by atoms with Gasteiger partial charge in [0.25, 0.3) is 5.91 Å². The van der Waals surface area contributed by atoms with Gasteiger partial charge in [0, 0.05) is 6.04 Å². The number of hydrogen-bond donors (Lipinski definition) is 2. The van der Waals surface area contributed by atoms with Crippen LogP contribution in [0.3, 0.4) is 0 Å². The summed E-state index contributed by atoms with van der Waals surface area (Å²) in [6.45, 7) is 6.06. The smallest absolute Gasteiger partial charge is 0.348 e. The lowest BCUT2D eigenvalue weighted by atomic mass is 10.1. The standard InChI is InChI=1S/C16H24N2O3S/c1-9(2)8-21-16(20)13-10(3)12(14(17)22-13)15(19)18-11-6-4-5-7-11/h9,11H,4-8,17H2,1-3H3,(H,18,19). The van der Waals surface area contributed by atoms with E-state index in [4.69, 9.17) is 10.5 Å². The first kappa shape index (κ1) is 16.8. The molecule has 1 aromatic rings. The van der Waals surface area contributed by atoms with Crippen molar-refractivity contribution in [2.45, 2.75) is 52.5 Å². The first-order valence-electron chi connectivity index (χ1n) is 7.77. The second-order valence-electron chi connectivity index (χ2n) is 6.24. The molecule has 0 aromatic carbocycles. The Morgan fingerprint density at radius 1 is 1.36 bits per heavy atom. The fourth-order valence-corrected chi connectivity index (χ4v) is 3.61. The van der Waals surface area contributed by atoms with E-state index in [1.54, 1.807) is 6.92 Å². The lowest BCUT2D eigenvalue weighted by Crippen LogP contribution is -2.33. The largest absolute Gasteiger partial charge is 0.461 e. The summed E-state index contributed by atoms with van der Waals surface area (Å²) in [5, 5.41) is 3.39. The summed E-state index contributed by atoms with van der Waals surface area (Å²) in [5.74, 6) is -0.310. The van der Waals surface area contributed by atoms with Crippen LogP contribution in [0, 0.1) is 12.8 Å². The first-order valence-corrected chi connectivity index (χ1v) is 8.58. The van der Waals surface area contributed by atoms with E-state index in [9.17, 15) is 9.59 Å². The molecule has 1 amide bonds. The van der Waals surface area contributed by atoms with Crippen molar-refractivity contribution >= 4 is 28.2 Å². The number of carbonyl (C=O) groups excluding carboxylic acids is 2. The highest BCUT2D eigenvalue weighted by atomic mass is 32.1. The van der Waals surface area contributed by atoms with Crippen LogP contribution in [0.15, 0.2) is 0 Å². The van der Waals surface area contributed by atoms with Crippen LogP contribution in [0.4, 0.5) is 5.00 Å². The highest BCUT2D eigenvalue weighted by molar-refractivity contribution is 7.18. The van der Waals surface area contributed by atoms with Gasteiger partial charge in [0.1, 0.15) is 4.88 Å². The monoisotopic (exact) mass is 324 g/mol. The van der Waals surface area contributed by atoms with Crippen LogP contribution < -0.4 is 11.1 Å². The number of ether oxygens (including phenoxy) is 1. The summed E-state index contributed by atoms with van der Waals surface area (Å²) in [4.78, 5) is 24.9. The number of esters is 1. The van der Waals surface area contributed by atoms with Gasteiger partial charge in [-0.15, -0.1) is 11.3 Å². The Balaban J connectivity index is 2.12.